The van der Waals surface area contributed by atoms with Crippen LogP contribution in [0.25, 0.3) is 0 Å². The van der Waals surface area contributed by atoms with Crippen LogP contribution in [0.5, 0.6) is 23.0 Å². The second kappa shape index (κ2) is 13.6. The number of benzene rings is 3. The van der Waals surface area contributed by atoms with Crippen LogP contribution in [0.2, 0.25) is 5.02 Å². The van der Waals surface area contributed by atoms with E-state index in [4.69, 9.17) is 30.5 Å². The summed E-state index contributed by atoms with van der Waals surface area (Å²) in [5.41, 5.74) is 2.33. The summed E-state index contributed by atoms with van der Waals surface area (Å²) in [7, 11) is 0. The van der Waals surface area contributed by atoms with Gasteiger partial charge in [0.15, 0.2) is 11.5 Å². The molecule has 3 aromatic carbocycles. The molecule has 5 nitrogen and oxygen atoms in total. The molecule has 0 aromatic heterocycles. The SMILES string of the molecule is CCOC(=O)CCc1ccc(OCCC(C)Oc2ccc(Cl)cc2Oc2ccccc2)cc1CC. The van der Waals surface area contributed by atoms with Crippen LogP contribution in [0.15, 0.2) is 66.7 Å². The van der Waals surface area contributed by atoms with Gasteiger partial charge in [-0.25, -0.2) is 0 Å². The maximum Gasteiger partial charge on any atom is 0.306 e. The number of aryl methyl sites for hydroxylation is 2. The molecule has 1 unspecified atom stereocenters. The van der Waals surface area contributed by atoms with E-state index >= 15 is 0 Å². The Morgan fingerprint density at radius 2 is 1.71 bits per heavy atom. The highest BCUT2D eigenvalue weighted by molar-refractivity contribution is 6.30. The number of hydrogen-bond acceptors (Lipinski definition) is 5. The standard InChI is InChI=1S/C29H33ClO5/c1-4-22-19-26(14-11-23(22)12-16-29(31)32-5-2)33-18-17-21(3)34-27-15-13-24(30)20-28(27)35-25-9-7-6-8-10-25/h6-11,13-15,19-21H,4-5,12,16-18H2,1-3H3. The van der Waals surface area contributed by atoms with Gasteiger partial charge < -0.3 is 18.9 Å². The van der Waals surface area contributed by atoms with Crippen molar-refractivity contribution in [3.8, 4) is 23.0 Å². The van der Waals surface area contributed by atoms with E-state index in [1.807, 2.05) is 62.4 Å². The lowest BCUT2D eigenvalue weighted by Crippen LogP contribution is -2.16. The van der Waals surface area contributed by atoms with Crippen molar-refractivity contribution in [2.24, 2.45) is 0 Å². The van der Waals surface area contributed by atoms with Crippen LogP contribution in [0.3, 0.4) is 0 Å². The Hall–Kier alpha value is -3.18. The summed E-state index contributed by atoms with van der Waals surface area (Å²) in [6.07, 6.45) is 2.52. The molecular formula is C29H33ClO5. The second-order valence-corrected chi connectivity index (χ2v) is 8.60. The minimum absolute atomic E-state index is 0.0937. The number of ether oxygens (including phenoxy) is 4. The molecule has 0 N–H and O–H groups in total. The molecule has 0 aliphatic rings. The third kappa shape index (κ3) is 8.52. The molecule has 0 bridgehead atoms. The molecule has 0 saturated carbocycles. The van der Waals surface area contributed by atoms with E-state index in [1.165, 1.54) is 5.56 Å². The molecule has 0 saturated heterocycles. The third-order valence-electron chi connectivity index (χ3n) is 5.46. The van der Waals surface area contributed by atoms with Gasteiger partial charge in [-0.3, -0.25) is 4.79 Å². The van der Waals surface area contributed by atoms with Crippen molar-refractivity contribution >= 4 is 17.6 Å². The van der Waals surface area contributed by atoms with Crippen LogP contribution in [-0.2, 0) is 22.4 Å². The second-order valence-electron chi connectivity index (χ2n) is 8.16. The van der Waals surface area contributed by atoms with E-state index in [2.05, 4.69) is 13.0 Å². The highest BCUT2D eigenvalue weighted by atomic mass is 35.5. The quantitative estimate of drug-likeness (QED) is 0.230. The molecule has 0 spiro atoms. The summed E-state index contributed by atoms with van der Waals surface area (Å²) in [4.78, 5) is 11.7. The fraction of sp³-hybridized carbons (Fsp3) is 0.345. The van der Waals surface area contributed by atoms with E-state index in [0.717, 1.165) is 17.7 Å². The molecule has 186 valence electrons. The van der Waals surface area contributed by atoms with E-state index < -0.39 is 0 Å². The largest absolute Gasteiger partial charge is 0.493 e. The molecular weight excluding hydrogens is 464 g/mol. The molecule has 1 atom stereocenters. The number of para-hydroxylation sites is 1. The Morgan fingerprint density at radius 3 is 2.46 bits per heavy atom. The maximum absolute atomic E-state index is 11.7. The first kappa shape index (κ1) is 26.4. The van der Waals surface area contributed by atoms with Gasteiger partial charge in [-0.15, -0.1) is 0 Å². The number of esters is 1. The smallest absolute Gasteiger partial charge is 0.306 e. The molecule has 0 aliphatic heterocycles. The van der Waals surface area contributed by atoms with Crippen molar-refractivity contribution in [2.75, 3.05) is 13.2 Å². The average Bonchev–Trinajstić information content (AvgIpc) is 2.85. The molecule has 35 heavy (non-hydrogen) atoms. The zero-order chi connectivity index (χ0) is 25.0. The molecule has 0 fully saturated rings. The molecule has 0 radical (unpaired) electrons. The molecule has 3 aromatic rings. The summed E-state index contributed by atoms with van der Waals surface area (Å²) in [6.45, 7) is 6.84. The van der Waals surface area contributed by atoms with E-state index in [-0.39, 0.29) is 12.1 Å². The lowest BCUT2D eigenvalue weighted by Gasteiger charge is -2.18. The monoisotopic (exact) mass is 496 g/mol. The first-order chi connectivity index (χ1) is 17.0. The van der Waals surface area contributed by atoms with Crippen LogP contribution in [0, 0.1) is 0 Å². The number of halogens is 1. The van der Waals surface area contributed by atoms with Crippen LogP contribution >= 0.6 is 11.6 Å². The summed E-state index contributed by atoms with van der Waals surface area (Å²) in [5, 5.41) is 0.580. The minimum Gasteiger partial charge on any atom is -0.493 e. The number of rotatable bonds is 13. The number of carbonyl (C=O) groups excluding carboxylic acids is 1. The lowest BCUT2D eigenvalue weighted by atomic mass is 10.0. The summed E-state index contributed by atoms with van der Waals surface area (Å²) >= 11 is 6.18. The molecule has 0 amide bonds. The van der Waals surface area contributed by atoms with Crippen LogP contribution in [0.4, 0.5) is 0 Å². The first-order valence-electron chi connectivity index (χ1n) is 12.1. The van der Waals surface area contributed by atoms with Gasteiger partial charge in [0.2, 0.25) is 0 Å². The lowest BCUT2D eigenvalue weighted by molar-refractivity contribution is -0.143. The van der Waals surface area contributed by atoms with Gasteiger partial charge in [0, 0.05) is 23.9 Å². The highest BCUT2D eigenvalue weighted by Gasteiger charge is 2.13. The Morgan fingerprint density at radius 1 is 0.914 bits per heavy atom. The Bertz CT molecular complexity index is 1080. The zero-order valence-corrected chi connectivity index (χ0v) is 21.3. The number of hydrogen-bond donors (Lipinski definition) is 0. The predicted molar refractivity (Wildman–Crippen MR) is 139 cm³/mol. The van der Waals surface area contributed by atoms with E-state index in [9.17, 15) is 4.79 Å². The van der Waals surface area contributed by atoms with Crippen molar-refractivity contribution in [2.45, 2.75) is 52.6 Å². The highest BCUT2D eigenvalue weighted by Crippen LogP contribution is 2.35. The van der Waals surface area contributed by atoms with Crippen LogP contribution in [0.1, 0.15) is 44.7 Å². The summed E-state index contributed by atoms with van der Waals surface area (Å²) in [6, 6.07) is 20.9. The Kier molecular flexibility index (Phi) is 10.3. The van der Waals surface area contributed by atoms with Gasteiger partial charge in [0.25, 0.3) is 0 Å². The fourth-order valence-corrected chi connectivity index (χ4v) is 3.79. The van der Waals surface area contributed by atoms with Crippen LogP contribution in [-0.4, -0.2) is 25.3 Å². The van der Waals surface area contributed by atoms with E-state index in [1.54, 1.807) is 12.1 Å². The van der Waals surface area contributed by atoms with Gasteiger partial charge in [-0.1, -0.05) is 42.8 Å². The van der Waals surface area contributed by atoms with Gasteiger partial charge >= 0.3 is 5.97 Å². The molecule has 6 heteroatoms. The van der Waals surface area contributed by atoms with Gasteiger partial charge in [0.1, 0.15) is 11.5 Å². The average molecular weight is 497 g/mol. The Balaban J connectivity index is 1.53. The summed E-state index contributed by atoms with van der Waals surface area (Å²) in [5.74, 6) is 2.57. The van der Waals surface area contributed by atoms with Crippen molar-refractivity contribution < 1.29 is 23.7 Å². The Labute approximate surface area is 212 Å². The van der Waals surface area contributed by atoms with Crippen molar-refractivity contribution in [1.82, 2.24) is 0 Å². The van der Waals surface area contributed by atoms with Crippen LogP contribution < -0.4 is 14.2 Å². The fourth-order valence-electron chi connectivity index (χ4n) is 3.63. The molecule has 0 aliphatic carbocycles. The van der Waals surface area contributed by atoms with Crippen molar-refractivity contribution in [3.05, 3.63) is 82.9 Å². The van der Waals surface area contributed by atoms with Gasteiger partial charge in [-0.2, -0.15) is 0 Å². The van der Waals surface area contributed by atoms with Gasteiger partial charge in [-0.05, 0) is 74.2 Å². The van der Waals surface area contributed by atoms with Gasteiger partial charge in [0.05, 0.1) is 19.3 Å². The molecule has 3 rings (SSSR count). The number of carbonyl (C=O) groups is 1. The van der Waals surface area contributed by atoms with Crippen molar-refractivity contribution in [1.29, 1.82) is 0 Å². The topological polar surface area (TPSA) is 54.0 Å². The maximum atomic E-state index is 11.7. The molecule has 0 heterocycles. The first-order valence-corrected chi connectivity index (χ1v) is 12.5. The normalized spacial score (nSPS) is 11.5. The van der Waals surface area contributed by atoms with Crippen molar-refractivity contribution in [3.63, 3.8) is 0 Å². The zero-order valence-electron chi connectivity index (χ0n) is 20.6. The third-order valence-corrected chi connectivity index (χ3v) is 5.70. The predicted octanol–water partition coefficient (Wildman–Crippen LogP) is 7.43. The summed E-state index contributed by atoms with van der Waals surface area (Å²) < 4.78 is 23.2. The van der Waals surface area contributed by atoms with E-state index in [0.29, 0.717) is 54.7 Å². The minimum atomic E-state index is -0.165.